The third-order valence-corrected chi connectivity index (χ3v) is 4.54. The number of rotatable bonds is 6. The van der Waals surface area contributed by atoms with Crippen molar-refractivity contribution in [3.05, 3.63) is 0 Å². The summed E-state index contributed by atoms with van der Waals surface area (Å²) < 4.78 is 60.6. The van der Waals surface area contributed by atoms with Crippen LogP contribution in [-0.2, 0) is 10.0 Å². The normalized spacial score (nSPS) is 20.2. The Morgan fingerprint density at radius 1 is 1.35 bits per heavy atom. The van der Waals surface area contributed by atoms with E-state index in [1.165, 1.54) is 10.6 Å². The largest absolute Gasteiger partial charge is 0.390 e. The fourth-order valence-electron chi connectivity index (χ4n) is 2.13. The zero-order valence-corrected chi connectivity index (χ0v) is 16.3. The van der Waals surface area contributed by atoms with E-state index in [0.717, 1.165) is 0 Å². The zero-order valence-electron chi connectivity index (χ0n) is 13.2. The van der Waals surface area contributed by atoms with E-state index in [-0.39, 0.29) is 36.4 Å². The molecule has 1 fully saturated rings. The van der Waals surface area contributed by atoms with Crippen molar-refractivity contribution in [2.24, 2.45) is 10.9 Å². The van der Waals surface area contributed by atoms with Crippen LogP contribution < -0.4 is 10.6 Å². The van der Waals surface area contributed by atoms with Gasteiger partial charge in [0.05, 0.1) is 12.7 Å². The molecule has 0 amide bonds. The highest BCUT2D eigenvalue weighted by Gasteiger charge is 2.28. The monoisotopic (exact) mass is 472 g/mol. The minimum absolute atomic E-state index is 0. The van der Waals surface area contributed by atoms with Crippen LogP contribution in [0.5, 0.6) is 0 Å². The quantitative estimate of drug-likeness (QED) is 0.348. The molecule has 0 saturated carbocycles. The van der Waals surface area contributed by atoms with Crippen molar-refractivity contribution in [1.29, 1.82) is 0 Å². The summed E-state index contributed by atoms with van der Waals surface area (Å²) in [5.41, 5.74) is 0. The van der Waals surface area contributed by atoms with Gasteiger partial charge in [-0.3, -0.25) is 4.99 Å². The topological polar surface area (TPSA) is 73.8 Å². The van der Waals surface area contributed by atoms with Crippen LogP contribution in [0, 0.1) is 5.92 Å². The lowest BCUT2D eigenvalue weighted by atomic mass is 10.1. The molecule has 0 radical (unpaired) electrons. The third-order valence-electron chi connectivity index (χ3n) is 3.27. The number of guanidine groups is 1. The van der Waals surface area contributed by atoms with Crippen LogP contribution in [0.1, 0.15) is 19.8 Å². The Labute approximate surface area is 152 Å². The van der Waals surface area contributed by atoms with Gasteiger partial charge in [-0.15, -0.1) is 24.0 Å². The summed E-state index contributed by atoms with van der Waals surface area (Å²) in [6, 6.07) is 0. The van der Waals surface area contributed by atoms with E-state index in [1.54, 1.807) is 0 Å². The van der Waals surface area contributed by atoms with Crippen LogP contribution in [0.3, 0.4) is 0 Å². The van der Waals surface area contributed by atoms with Gasteiger partial charge in [0.1, 0.15) is 0 Å². The molecule has 0 aliphatic carbocycles. The Morgan fingerprint density at radius 3 is 2.48 bits per heavy atom. The van der Waals surface area contributed by atoms with Crippen molar-refractivity contribution >= 4 is 40.0 Å². The summed E-state index contributed by atoms with van der Waals surface area (Å²) in [5.74, 6) is 0.414. The summed E-state index contributed by atoms with van der Waals surface area (Å²) in [5, 5.41) is 5.50. The standard InChI is InChI=1S/C12H23F3N4O2S.HI/c1-3-16-11(17-6-5-12(13,14)15)18-8-10-4-7-19(9-10)22(2,20)21;/h10H,3-9H2,1-2H3,(H2,16,17,18);1H. The number of nitrogens with one attached hydrogen (secondary N) is 2. The van der Waals surface area contributed by atoms with Gasteiger partial charge < -0.3 is 10.6 Å². The highest BCUT2D eigenvalue weighted by atomic mass is 127. The molecule has 0 aromatic heterocycles. The number of hydrogen-bond donors (Lipinski definition) is 2. The Hall–Kier alpha value is -0.300. The first-order valence-electron chi connectivity index (χ1n) is 7.16. The number of nitrogens with zero attached hydrogens (tertiary/aromatic N) is 2. The lowest BCUT2D eigenvalue weighted by molar-refractivity contribution is -0.132. The molecular formula is C12H24F3IN4O2S. The van der Waals surface area contributed by atoms with Crippen LogP contribution in [-0.4, -0.2) is 63.8 Å². The average molecular weight is 472 g/mol. The van der Waals surface area contributed by atoms with Crippen molar-refractivity contribution in [3.63, 3.8) is 0 Å². The van der Waals surface area contributed by atoms with Crippen LogP contribution in [0.25, 0.3) is 0 Å². The Balaban J connectivity index is 0.00000484. The van der Waals surface area contributed by atoms with Gasteiger partial charge in [-0.05, 0) is 19.3 Å². The maximum absolute atomic E-state index is 12.1. The number of sulfonamides is 1. The van der Waals surface area contributed by atoms with Gasteiger partial charge in [-0.2, -0.15) is 13.2 Å². The summed E-state index contributed by atoms with van der Waals surface area (Å²) in [6.07, 6.45) is -3.26. The smallest absolute Gasteiger partial charge is 0.357 e. The van der Waals surface area contributed by atoms with Gasteiger partial charge >= 0.3 is 6.18 Å². The molecule has 1 aliphatic heterocycles. The molecule has 11 heteroatoms. The number of alkyl halides is 3. The van der Waals surface area contributed by atoms with Gasteiger partial charge in [-0.25, -0.2) is 12.7 Å². The van der Waals surface area contributed by atoms with Gasteiger partial charge in [0.15, 0.2) is 5.96 Å². The molecule has 1 rings (SSSR count). The summed E-state index contributed by atoms with van der Waals surface area (Å²) >= 11 is 0. The first-order chi connectivity index (χ1) is 10.1. The molecule has 0 bridgehead atoms. The molecule has 0 aromatic carbocycles. The summed E-state index contributed by atoms with van der Waals surface area (Å²) in [7, 11) is -3.19. The van der Waals surface area contributed by atoms with E-state index < -0.39 is 22.6 Å². The maximum Gasteiger partial charge on any atom is 0.390 e. The van der Waals surface area contributed by atoms with Crippen LogP contribution >= 0.6 is 24.0 Å². The van der Waals surface area contributed by atoms with Gasteiger partial charge in [0, 0.05) is 32.7 Å². The molecule has 23 heavy (non-hydrogen) atoms. The van der Waals surface area contributed by atoms with Crippen molar-refractivity contribution in [1.82, 2.24) is 14.9 Å². The minimum atomic E-state index is -4.20. The second kappa shape index (κ2) is 9.87. The molecule has 1 atom stereocenters. The van der Waals surface area contributed by atoms with Crippen molar-refractivity contribution in [2.45, 2.75) is 25.9 Å². The van der Waals surface area contributed by atoms with Crippen molar-refractivity contribution < 1.29 is 21.6 Å². The fourth-order valence-corrected chi connectivity index (χ4v) is 3.05. The van der Waals surface area contributed by atoms with E-state index in [4.69, 9.17) is 0 Å². The highest BCUT2D eigenvalue weighted by molar-refractivity contribution is 14.0. The Bertz CT molecular complexity index is 485. The third kappa shape index (κ3) is 9.55. The van der Waals surface area contributed by atoms with Gasteiger partial charge in [0.2, 0.25) is 10.0 Å². The first kappa shape index (κ1) is 22.7. The second-order valence-electron chi connectivity index (χ2n) is 5.29. The molecule has 2 N–H and O–H groups in total. The Morgan fingerprint density at radius 2 is 2.00 bits per heavy atom. The molecular weight excluding hydrogens is 448 g/mol. The predicted molar refractivity (Wildman–Crippen MR) is 94.6 cm³/mol. The lowest BCUT2D eigenvalue weighted by Crippen LogP contribution is -2.39. The van der Waals surface area contributed by atoms with Crippen LogP contribution in [0.2, 0.25) is 0 Å². The van der Waals surface area contributed by atoms with Gasteiger partial charge in [-0.1, -0.05) is 0 Å². The summed E-state index contributed by atoms with van der Waals surface area (Å²) in [6.45, 7) is 3.38. The van der Waals surface area contributed by atoms with E-state index in [1.807, 2.05) is 6.92 Å². The molecule has 0 spiro atoms. The van der Waals surface area contributed by atoms with E-state index >= 15 is 0 Å². The van der Waals surface area contributed by atoms with E-state index in [0.29, 0.717) is 38.6 Å². The first-order valence-corrected chi connectivity index (χ1v) is 9.00. The Kier molecular flexibility index (Phi) is 9.74. The van der Waals surface area contributed by atoms with Gasteiger partial charge in [0.25, 0.3) is 0 Å². The van der Waals surface area contributed by atoms with Crippen LogP contribution in [0.4, 0.5) is 13.2 Å². The zero-order chi connectivity index (χ0) is 16.8. The number of hydrogen-bond acceptors (Lipinski definition) is 3. The minimum Gasteiger partial charge on any atom is -0.357 e. The van der Waals surface area contributed by atoms with Crippen molar-refractivity contribution in [2.75, 3.05) is 39.0 Å². The van der Waals surface area contributed by atoms with Crippen molar-refractivity contribution in [3.8, 4) is 0 Å². The molecule has 0 aromatic rings. The number of aliphatic imine (C=N–C) groups is 1. The van der Waals surface area contributed by atoms with Crippen LogP contribution in [0.15, 0.2) is 4.99 Å². The molecule has 6 nitrogen and oxygen atoms in total. The molecule has 1 unspecified atom stereocenters. The summed E-state index contributed by atoms with van der Waals surface area (Å²) in [4.78, 5) is 4.24. The molecule has 1 heterocycles. The highest BCUT2D eigenvalue weighted by Crippen LogP contribution is 2.19. The number of halogens is 4. The SMILES string of the molecule is CCNC(=NCC1CCN(S(C)(=O)=O)C1)NCCC(F)(F)F.I. The second-order valence-corrected chi connectivity index (χ2v) is 7.27. The fraction of sp³-hybridized carbons (Fsp3) is 0.917. The maximum atomic E-state index is 12.1. The lowest BCUT2D eigenvalue weighted by Gasteiger charge is -2.14. The van der Waals surface area contributed by atoms with E-state index in [9.17, 15) is 21.6 Å². The average Bonchev–Trinajstić information content (AvgIpc) is 2.83. The molecule has 138 valence electrons. The molecule has 1 aliphatic rings. The van der Waals surface area contributed by atoms with E-state index in [2.05, 4.69) is 15.6 Å². The predicted octanol–water partition coefficient (Wildman–Crippen LogP) is 1.39. The molecule has 1 saturated heterocycles.